The van der Waals surface area contributed by atoms with Gasteiger partial charge in [-0.15, -0.1) is 0 Å². The minimum absolute atomic E-state index is 0. The maximum absolute atomic E-state index is 11.1. The summed E-state index contributed by atoms with van der Waals surface area (Å²) in [5.41, 5.74) is 0. The van der Waals surface area contributed by atoms with Crippen molar-refractivity contribution in [3.05, 3.63) is 0 Å². The molecule has 91 heavy (non-hydrogen) atoms. The zero-order valence-electron chi connectivity index (χ0n) is 58.8. The molecule has 0 aliphatic rings. The van der Waals surface area contributed by atoms with Crippen molar-refractivity contribution in [3.8, 4) is 0 Å². The quantitative estimate of drug-likeness (QED) is 0.0310. The minimum Gasteiger partial charge on any atom is -0.756 e. The first-order chi connectivity index (χ1) is 42.7. The summed E-state index contributed by atoms with van der Waals surface area (Å²) < 4.78 is 123. The fourth-order valence-corrected chi connectivity index (χ4v) is 11.2. The fraction of sp³-hybridized carbons (Fsp3) is 1.00. The number of phosphoric acid groups is 6. The summed E-state index contributed by atoms with van der Waals surface area (Å²) in [6.45, 7) is 27.5. The summed E-state index contributed by atoms with van der Waals surface area (Å²) >= 11 is 0. The number of unbranched alkanes of at least 4 members (excludes halogenated alkanes) is 24. The smallest absolute Gasteiger partial charge is 0.756 e. The van der Waals surface area contributed by atoms with Crippen molar-refractivity contribution in [1.29, 1.82) is 0 Å². The minimum atomic E-state index is -4.02. The van der Waals surface area contributed by atoms with E-state index in [9.17, 15) is 56.8 Å². The second kappa shape index (κ2) is 78.7. The average Bonchev–Trinajstić information content (AvgIpc) is 3.61. The van der Waals surface area contributed by atoms with Gasteiger partial charge in [-0.05, 0) is 77.0 Å². The van der Waals surface area contributed by atoms with Gasteiger partial charge in [0.15, 0.2) is 0 Å². The van der Waals surface area contributed by atoms with E-state index >= 15 is 0 Å². The van der Waals surface area contributed by atoms with Gasteiger partial charge in [0.05, 0.1) is 79.3 Å². The molecule has 552 valence electrons. The molecule has 0 amide bonds. The van der Waals surface area contributed by atoms with E-state index in [4.69, 9.17) is 0 Å². The molecule has 31 heteroatoms. The second-order valence-corrected chi connectivity index (χ2v) is 29.6. The van der Waals surface area contributed by atoms with Gasteiger partial charge < -0.3 is 83.6 Å². The molecule has 0 fully saturated rings. The Morgan fingerprint density at radius 3 is 0.286 bits per heavy atom. The summed E-state index contributed by atoms with van der Waals surface area (Å²) in [6, 6.07) is 0. The predicted octanol–water partition coefficient (Wildman–Crippen LogP) is 17.2. The molecule has 0 saturated heterocycles. The molecule has 0 aromatic heterocycles. The zero-order chi connectivity index (χ0) is 69.4. The van der Waals surface area contributed by atoms with E-state index in [1.165, 1.54) is 0 Å². The van der Waals surface area contributed by atoms with Gasteiger partial charge in [0.2, 0.25) is 0 Å². The normalized spacial score (nSPS) is 11.8. The number of phosphoric ester groups is 6. The summed E-state index contributed by atoms with van der Waals surface area (Å²) in [5.74, 6) is 0. The molecule has 24 nitrogen and oxygen atoms in total. The van der Waals surface area contributed by atoms with Gasteiger partial charge >= 0.3 is 21.1 Å². The SMILES string of the molecule is CCCCCOP(=O)([O-])OCCCCC.CCCCCOP(=O)([O-])OCCCCC.CCCCCOP(=O)([O-])OCCCCC.CCCCCOP(=O)([O-])OCCCCC.CCCCCOP(=O)([O-])OCCCCC.CCCCCOP(=O)([O-])OCCCCC.[Mo+6]. The molecule has 0 unspecified atom stereocenters. The topological polar surface area (TPSA) is 352 Å². The van der Waals surface area contributed by atoms with E-state index in [0.717, 1.165) is 231 Å². The van der Waals surface area contributed by atoms with Crippen LogP contribution in [0.1, 0.15) is 314 Å². The van der Waals surface area contributed by atoms with E-state index in [0.29, 0.717) is 0 Å². The standard InChI is InChI=1S/6C10H23O4P.Mo/c6*1-3-5-7-9-13-15(11,12)14-10-8-6-4-2;/h6*3-10H2,1-2H3,(H,11,12);/q;;;;;;+6/p-6. The van der Waals surface area contributed by atoms with Crippen molar-refractivity contribution >= 4 is 46.9 Å². The Hall–Kier alpha value is 1.35. The molecule has 0 rings (SSSR count). The molecule has 0 bridgehead atoms. The van der Waals surface area contributed by atoms with Gasteiger partial charge in [0.1, 0.15) is 0 Å². The second-order valence-electron chi connectivity index (χ2n) is 21.2. The molecule has 0 radical (unpaired) electrons. The van der Waals surface area contributed by atoms with Crippen molar-refractivity contribution in [2.75, 3.05) is 79.3 Å². The zero-order valence-corrected chi connectivity index (χ0v) is 66.2. The van der Waals surface area contributed by atoms with Crippen LogP contribution in [0.5, 0.6) is 0 Å². The van der Waals surface area contributed by atoms with Crippen LogP contribution in [-0.2, 0) is 103 Å². The monoisotopic (exact) mass is 1520 g/mol. The van der Waals surface area contributed by atoms with Crippen LogP contribution in [0.4, 0.5) is 0 Å². The van der Waals surface area contributed by atoms with Crippen molar-refractivity contribution in [2.24, 2.45) is 0 Å². The van der Waals surface area contributed by atoms with Crippen LogP contribution in [0.2, 0.25) is 0 Å². The first kappa shape index (κ1) is 106. The van der Waals surface area contributed by atoms with E-state index in [-0.39, 0.29) is 100 Å². The molecule has 0 aromatic carbocycles. The van der Waals surface area contributed by atoms with E-state index in [1.54, 1.807) is 0 Å². The summed E-state index contributed by atoms with van der Waals surface area (Å²) in [4.78, 5) is 66.8. The number of rotatable bonds is 60. The van der Waals surface area contributed by atoms with Gasteiger partial charge in [-0.3, -0.25) is 27.4 Å². The van der Waals surface area contributed by atoms with Crippen LogP contribution >= 0.6 is 46.9 Å². The molecule has 0 spiro atoms. The summed E-state index contributed by atoms with van der Waals surface area (Å²) in [6.07, 6.45) is 33.5. The van der Waals surface area contributed by atoms with E-state index in [1.807, 2.05) is 0 Å². The van der Waals surface area contributed by atoms with Gasteiger partial charge in [-0.1, -0.05) is 237 Å². The Kier molecular flexibility index (Phi) is 91.5. The largest absolute Gasteiger partial charge is 6.00 e. The molecular weight excluding hydrogens is 1390 g/mol. The summed E-state index contributed by atoms with van der Waals surface area (Å²) in [7, 11) is -24.1. The van der Waals surface area contributed by atoms with Crippen LogP contribution in [-0.4, -0.2) is 79.3 Å². The van der Waals surface area contributed by atoms with Gasteiger partial charge in [-0.25, -0.2) is 0 Å². The van der Waals surface area contributed by atoms with Crippen LogP contribution in [0.25, 0.3) is 0 Å². The molecule has 0 aliphatic carbocycles. The first-order valence-electron chi connectivity index (χ1n) is 34.3. The third kappa shape index (κ3) is 100. The Balaban J connectivity index is -0.000000186. The molecule has 0 atom stereocenters. The number of hydrogen-bond donors (Lipinski definition) is 0. The summed E-state index contributed by atoms with van der Waals surface area (Å²) in [5, 5.41) is 0. The molecule has 0 saturated carbocycles. The van der Waals surface area contributed by atoms with Crippen molar-refractivity contribution in [2.45, 2.75) is 314 Å². The van der Waals surface area contributed by atoms with Crippen LogP contribution in [0, 0.1) is 0 Å². The van der Waals surface area contributed by atoms with Crippen molar-refractivity contribution in [1.82, 2.24) is 0 Å². The third-order valence-corrected chi connectivity index (χ3v) is 18.0. The van der Waals surface area contributed by atoms with E-state index in [2.05, 4.69) is 137 Å². The maximum atomic E-state index is 11.1. The first-order valence-corrected chi connectivity index (χ1v) is 43.1. The molecule has 0 aliphatic heterocycles. The molecule has 0 aromatic rings. The Bertz CT molecular complexity index is 1330. The van der Waals surface area contributed by atoms with Crippen LogP contribution < -0.4 is 29.4 Å². The van der Waals surface area contributed by atoms with Crippen LogP contribution in [0.15, 0.2) is 0 Å². The maximum Gasteiger partial charge on any atom is 6.00 e. The van der Waals surface area contributed by atoms with Crippen LogP contribution in [0.3, 0.4) is 0 Å². The fourth-order valence-electron chi connectivity index (χ4n) is 6.56. The van der Waals surface area contributed by atoms with Gasteiger partial charge in [0, 0.05) is 0 Å². The number of hydrogen-bond acceptors (Lipinski definition) is 24. The van der Waals surface area contributed by atoms with Crippen molar-refractivity contribution < 1.29 is 132 Å². The third-order valence-electron chi connectivity index (χ3n) is 12.0. The Labute approximate surface area is 569 Å². The Morgan fingerprint density at radius 2 is 0.231 bits per heavy atom. The van der Waals surface area contributed by atoms with Crippen molar-refractivity contribution in [3.63, 3.8) is 0 Å². The van der Waals surface area contributed by atoms with Gasteiger partial charge in [0.25, 0.3) is 46.9 Å². The molecule has 0 N–H and O–H groups in total. The molecule has 0 heterocycles. The van der Waals surface area contributed by atoms with Gasteiger partial charge in [-0.2, -0.15) is 0 Å². The molecular formula is C60H132MoO24P6. The van der Waals surface area contributed by atoms with E-state index < -0.39 is 46.9 Å². The predicted molar refractivity (Wildman–Crippen MR) is 351 cm³/mol. The average molecular weight is 1520 g/mol. The Morgan fingerprint density at radius 1 is 0.165 bits per heavy atom.